The van der Waals surface area contributed by atoms with Gasteiger partial charge in [-0.2, -0.15) is 0 Å². The number of rotatable bonds is 3. The molecule has 3 rings (SSSR count). The molecule has 2 aromatic carbocycles. The third kappa shape index (κ3) is 2.51. The molecular formula is C16H12NOS. The molecule has 0 N–H and O–H groups in total. The molecule has 0 saturated heterocycles. The Balaban J connectivity index is 1.92. The Bertz CT molecular complexity index is 659. The summed E-state index contributed by atoms with van der Waals surface area (Å²) in [7, 11) is 1.67. The highest BCUT2D eigenvalue weighted by Crippen LogP contribution is 2.29. The van der Waals surface area contributed by atoms with E-state index in [1.807, 2.05) is 48.5 Å². The first-order chi connectivity index (χ1) is 9.36. The molecule has 3 aromatic rings. The molecule has 0 unspecified atom stereocenters. The number of benzene rings is 2. The van der Waals surface area contributed by atoms with Crippen LogP contribution in [0.4, 0.5) is 0 Å². The van der Waals surface area contributed by atoms with Crippen LogP contribution in [0.5, 0.6) is 5.75 Å². The summed E-state index contributed by atoms with van der Waals surface area (Å²) in [5, 5.41) is 3.07. The van der Waals surface area contributed by atoms with Crippen LogP contribution < -0.4 is 4.74 Å². The van der Waals surface area contributed by atoms with Crippen LogP contribution in [-0.2, 0) is 0 Å². The quantitative estimate of drug-likeness (QED) is 0.705. The van der Waals surface area contributed by atoms with Gasteiger partial charge in [0.2, 0.25) is 0 Å². The number of hydrogen-bond donors (Lipinski definition) is 0. The summed E-state index contributed by atoms with van der Waals surface area (Å²) >= 11 is 1.64. The van der Waals surface area contributed by atoms with Gasteiger partial charge in [-0.3, -0.25) is 0 Å². The maximum atomic E-state index is 5.16. The van der Waals surface area contributed by atoms with Crippen molar-refractivity contribution in [3.63, 3.8) is 0 Å². The van der Waals surface area contributed by atoms with Crippen molar-refractivity contribution < 1.29 is 4.74 Å². The van der Waals surface area contributed by atoms with E-state index in [0.29, 0.717) is 0 Å². The van der Waals surface area contributed by atoms with Crippen LogP contribution in [0.15, 0.2) is 53.9 Å². The molecule has 1 radical (unpaired) electrons. The van der Waals surface area contributed by atoms with Crippen molar-refractivity contribution in [2.24, 2.45) is 0 Å². The maximum absolute atomic E-state index is 5.16. The molecule has 0 aliphatic carbocycles. The SMILES string of the molecule is COc1ccc(-c2nc(-c3[c]cccc3)cs2)cc1. The average molecular weight is 266 g/mol. The molecule has 2 nitrogen and oxygen atoms in total. The Labute approximate surface area is 116 Å². The van der Waals surface area contributed by atoms with Gasteiger partial charge in [0.25, 0.3) is 0 Å². The highest BCUT2D eigenvalue weighted by molar-refractivity contribution is 7.13. The number of methoxy groups -OCH3 is 1. The van der Waals surface area contributed by atoms with Crippen molar-refractivity contribution >= 4 is 11.3 Å². The zero-order chi connectivity index (χ0) is 13.1. The Morgan fingerprint density at radius 3 is 2.63 bits per heavy atom. The molecule has 0 amide bonds. The van der Waals surface area contributed by atoms with E-state index in [9.17, 15) is 0 Å². The second-order valence-corrected chi connectivity index (χ2v) is 4.90. The molecule has 1 aromatic heterocycles. The van der Waals surface area contributed by atoms with Gasteiger partial charge in [-0.1, -0.05) is 24.3 Å². The molecule has 19 heavy (non-hydrogen) atoms. The summed E-state index contributed by atoms with van der Waals surface area (Å²) in [6.45, 7) is 0. The summed E-state index contributed by atoms with van der Waals surface area (Å²) in [6.07, 6.45) is 0. The lowest BCUT2D eigenvalue weighted by Crippen LogP contribution is -1.82. The maximum Gasteiger partial charge on any atom is 0.124 e. The summed E-state index contributed by atoms with van der Waals surface area (Å²) in [4.78, 5) is 4.65. The van der Waals surface area contributed by atoms with Crippen molar-refractivity contribution in [1.82, 2.24) is 4.98 Å². The van der Waals surface area contributed by atoms with E-state index >= 15 is 0 Å². The molecule has 0 saturated carbocycles. The van der Waals surface area contributed by atoms with Crippen LogP contribution in [0, 0.1) is 6.07 Å². The first-order valence-electron chi connectivity index (χ1n) is 5.94. The zero-order valence-corrected chi connectivity index (χ0v) is 11.3. The van der Waals surface area contributed by atoms with E-state index in [-0.39, 0.29) is 0 Å². The van der Waals surface area contributed by atoms with Crippen molar-refractivity contribution in [3.05, 3.63) is 60.0 Å². The highest BCUT2D eigenvalue weighted by Gasteiger charge is 2.06. The summed E-state index contributed by atoms with van der Waals surface area (Å²) in [6, 6.07) is 19.0. The van der Waals surface area contributed by atoms with E-state index < -0.39 is 0 Å². The van der Waals surface area contributed by atoms with E-state index in [4.69, 9.17) is 4.74 Å². The predicted molar refractivity (Wildman–Crippen MR) is 78.4 cm³/mol. The van der Waals surface area contributed by atoms with Gasteiger partial charge in [-0.15, -0.1) is 11.3 Å². The lowest BCUT2D eigenvalue weighted by Gasteiger charge is -2.00. The third-order valence-corrected chi connectivity index (χ3v) is 3.72. The number of aromatic nitrogens is 1. The number of ether oxygens (including phenoxy) is 1. The standard InChI is InChI=1S/C16H12NOS/c1-18-14-9-7-13(8-10-14)16-17-15(11-19-16)12-5-3-2-4-6-12/h2-5,7-11H,1H3. The Kier molecular flexibility index (Phi) is 3.29. The second-order valence-electron chi connectivity index (χ2n) is 4.04. The normalized spacial score (nSPS) is 10.4. The van der Waals surface area contributed by atoms with Crippen LogP contribution in [0.3, 0.4) is 0 Å². The predicted octanol–water partition coefficient (Wildman–Crippen LogP) is 4.29. The van der Waals surface area contributed by atoms with Crippen molar-refractivity contribution in [2.75, 3.05) is 7.11 Å². The summed E-state index contributed by atoms with van der Waals surface area (Å²) in [5.74, 6) is 0.858. The van der Waals surface area contributed by atoms with E-state index in [2.05, 4.69) is 16.4 Å². The molecule has 0 aliphatic rings. The topological polar surface area (TPSA) is 22.1 Å². The van der Waals surface area contributed by atoms with Gasteiger partial charge in [0.1, 0.15) is 10.8 Å². The van der Waals surface area contributed by atoms with Gasteiger partial charge in [-0.25, -0.2) is 4.98 Å². The highest BCUT2D eigenvalue weighted by atomic mass is 32.1. The summed E-state index contributed by atoms with van der Waals surface area (Å²) in [5.41, 5.74) is 3.10. The minimum atomic E-state index is 0.858. The fraction of sp³-hybridized carbons (Fsp3) is 0.0625. The summed E-state index contributed by atoms with van der Waals surface area (Å²) < 4.78 is 5.16. The van der Waals surface area contributed by atoms with Gasteiger partial charge >= 0.3 is 0 Å². The number of nitrogens with zero attached hydrogens (tertiary/aromatic N) is 1. The molecular weight excluding hydrogens is 254 g/mol. The van der Waals surface area contributed by atoms with Gasteiger partial charge in [0.15, 0.2) is 0 Å². The minimum absolute atomic E-state index is 0.858. The molecule has 0 fully saturated rings. The van der Waals surface area contributed by atoms with Crippen LogP contribution >= 0.6 is 11.3 Å². The molecule has 0 spiro atoms. The molecule has 1 heterocycles. The Morgan fingerprint density at radius 1 is 1.11 bits per heavy atom. The van der Waals surface area contributed by atoms with Gasteiger partial charge in [0.05, 0.1) is 12.8 Å². The molecule has 93 valence electrons. The van der Waals surface area contributed by atoms with Crippen LogP contribution in [0.25, 0.3) is 21.8 Å². The monoisotopic (exact) mass is 266 g/mol. The Morgan fingerprint density at radius 2 is 1.95 bits per heavy atom. The first kappa shape index (κ1) is 11.9. The minimum Gasteiger partial charge on any atom is -0.497 e. The van der Waals surface area contributed by atoms with E-state index in [1.165, 1.54) is 0 Å². The van der Waals surface area contributed by atoms with Crippen molar-refractivity contribution in [2.45, 2.75) is 0 Å². The van der Waals surface area contributed by atoms with Crippen molar-refractivity contribution in [3.8, 4) is 27.6 Å². The third-order valence-electron chi connectivity index (χ3n) is 2.83. The second kappa shape index (κ2) is 5.24. The zero-order valence-electron chi connectivity index (χ0n) is 10.5. The lowest BCUT2D eigenvalue weighted by atomic mass is 10.2. The van der Waals surface area contributed by atoms with Gasteiger partial charge < -0.3 is 4.74 Å². The van der Waals surface area contributed by atoms with Gasteiger partial charge in [-0.05, 0) is 30.3 Å². The molecule has 3 heteroatoms. The van der Waals surface area contributed by atoms with E-state index in [0.717, 1.165) is 27.6 Å². The average Bonchev–Trinajstić information content (AvgIpc) is 2.98. The molecule has 0 bridgehead atoms. The van der Waals surface area contributed by atoms with E-state index in [1.54, 1.807) is 18.4 Å². The fourth-order valence-corrected chi connectivity index (χ4v) is 2.64. The van der Waals surface area contributed by atoms with Gasteiger partial charge in [0, 0.05) is 16.5 Å². The molecule has 0 atom stereocenters. The first-order valence-corrected chi connectivity index (χ1v) is 6.82. The van der Waals surface area contributed by atoms with Crippen LogP contribution in [0.2, 0.25) is 0 Å². The number of thiazole rings is 1. The van der Waals surface area contributed by atoms with Crippen molar-refractivity contribution in [1.29, 1.82) is 0 Å². The van der Waals surface area contributed by atoms with Crippen LogP contribution in [-0.4, -0.2) is 12.1 Å². The largest absolute Gasteiger partial charge is 0.497 e. The molecule has 0 aliphatic heterocycles. The smallest absolute Gasteiger partial charge is 0.124 e. The fourth-order valence-electron chi connectivity index (χ4n) is 1.82. The number of hydrogen-bond acceptors (Lipinski definition) is 3. The van der Waals surface area contributed by atoms with Crippen LogP contribution in [0.1, 0.15) is 0 Å². The lowest BCUT2D eigenvalue weighted by molar-refractivity contribution is 0.415. The Hall–Kier alpha value is -2.13.